The number of aromatic nitrogens is 2. The van der Waals surface area contributed by atoms with Crippen molar-refractivity contribution in [2.45, 2.75) is 57.8 Å². The number of halogens is 3. The SMILES string of the molecule is Cc1cc(C(F)(F)F)nc(CNC(=O)CCC2CCCCN2C)n1. The number of rotatable bonds is 5. The number of likely N-dealkylation sites (tertiary alicyclic amines) is 1. The van der Waals surface area contributed by atoms with Gasteiger partial charge in [0.05, 0.1) is 6.54 Å². The average Bonchev–Trinajstić information content (AvgIpc) is 2.51. The number of carbonyl (C=O) groups excluding carboxylic acids is 1. The molecular formula is C16H23F3N4O. The van der Waals surface area contributed by atoms with Crippen LogP contribution in [0.2, 0.25) is 0 Å². The highest BCUT2D eigenvalue weighted by molar-refractivity contribution is 5.75. The minimum absolute atomic E-state index is 0.0227. The molecule has 0 spiro atoms. The maximum Gasteiger partial charge on any atom is 0.433 e. The fourth-order valence-corrected chi connectivity index (χ4v) is 2.93. The predicted octanol–water partition coefficient (Wildman–Crippen LogP) is 2.68. The Kier molecular flexibility index (Phi) is 6.15. The van der Waals surface area contributed by atoms with E-state index in [2.05, 4.69) is 27.2 Å². The lowest BCUT2D eigenvalue weighted by Gasteiger charge is -2.32. The molecule has 1 atom stereocenters. The van der Waals surface area contributed by atoms with Crippen LogP contribution in [0, 0.1) is 6.92 Å². The molecule has 1 fully saturated rings. The number of hydrogen-bond acceptors (Lipinski definition) is 4. The molecule has 1 aromatic heterocycles. The van der Waals surface area contributed by atoms with Crippen molar-refractivity contribution >= 4 is 5.91 Å². The van der Waals surface area contributed by atoms with Gasteiger partial charge in [-0.3, -0.25) is 4.79 Å². The second-order valence-electron chi connectivity index (χ2n) is 6.25. The first-order valence-electron chi connectivity index (χ1n) is 8.14. The molecule has 0 bridgehead atoms. The fourth-order valence-electron chi connectivity index (χ4n) is 2.93. The Morgan fingerprint density at radius 1 is 1.38 bits per heavy atom. The summed E-state index contributed by atoms with van der Waals surface area (Å²) in [4.78, 5) is 21.6. The number of aryl methyl sites for hydroxylation is 1. The van der Waals surface area contributed by atoms with Gasteiger partial charge in [0.2, 0.25) is 5.91 Å². The summed E-state index contributed by atoms with van der Waals surface area (Å²) in [5.41, 5.74) is -0.756. The van der Waals surface area contributed by atoms with E-state index in [0.29, 0.717) is 12.5 Å². The number of hydrogen-bond donors (Lipinski definition) is 1. The normalized spacial score (nSPS) is 19.3. The molecule has 1 aliphatic heterocycles. The molecule has 1 unspecified atom stereocenters. The molecule has 5 nitrogen and oxygen atoms in total. The van der Waals surface area contributed by atoms with Crippen molar-refractivity contribution in [1.29, 1.82) is 0 Å². The Hall–Kier alpha value is -1.70. The maximum absolute atomic E-state index is 12.7. The quantitative estimate of drug-likeness (QED) is 0.892. The summed E-state index contributed by atoms with van der Waals surface area (Å²) < 4.78 is 38.2. The summed E-state index contributed by atoms with van der Waals surface area (Å²) in [6.45, 7) is 2.43. The Labute approximate surface area is 139 Å². The highest BCUT2D eigenvalue weighted by Crippen LogP contribution is 2.27. The molecule has 1 N–H and O–H groups in total. The first-order valence-corrected chi connectivity index (χ1v) is 8.14. The average molecular weight is 344 g/mol. The summed E-state index contributed by atoms with van der Waals surface area (Å²) in [6.07, 6.45) is 0.0366. The molecule has 134 valence electrons. The van der Waals surface area contributed by atoms with Crippen LogP contribution >= 0.6 is 0 Å². The Bertz CT molecular complexity index is 577. The van der Waals surface area contributed by atoms with Gasteiger partial charge >= 0.3 is 6.18 Å². The molecule has 2 heterocycles. The van der Waals surface area contributed by atoms with Gasteiger partial charge in [-0.1, -0.05) is 6.42 Å². The number of nitrogens with zero attached hydrogens (tertiary/aromatic N) is 3. The molecular weight excluding hydrogens is 321 g/mol. The first-order chi connectivity index (χ1) is 11.3. The zero-order valence-electron chi connectivity index (χ0n) is 14.0. The lowest BCUT2D eigenvalue weighted by Crippen LogP contribution is -2.37. The third kappa shape index (κ3) is 5.43. The lowest BCUT2D eigenvalue weighted by molar-refractivity contribution is -0.141. The zero-order chi connectivity index (χ0) is 17.7. The molecule has 0 aliphatic carbocycles. The van der Waals surface area contributed by atoms with Crippen LogP contribution in [-0.4, -0.2) is 40.4 Å². The van der Waals surface area contributed by atoms with Crippen molar-refractivity contribution in [3.8, 4) is 0 Å². The summed E-state index contributed by atoms with van der Waals surface area (Å²) in [7, 11) is 2.06. The van der Waals surface area contributed by atoms with Crippen LogP contribution in [0.25, 0.3) is 0 Å². The topological polar surface area (TPSA) is 58.1 Å². The number of carbonyl (C=O) groups is 1. The third-order valence-corrected chi connectivity index (χ3v) is 4.26. The Balaban J connectivity index is 1.84. The summed E-state index contributed by atoms with van der Waals surface area (Å²) in [5, 5.41) is 2.61. The molecule has 1 saturated heterocycles. The highest BCUT2D eigenvalue weighted by atomic mass is 19.4. The van der Waals surface area contributed by atoms with Crippen LogP contribution in [0.1, 0.15) is 49.3 Å². The van der Waals surface area contributed by atoms with E-state index >= 15 is 0 Å². The second kappa shape index (κ2) is 7.92. The number of alkyl halides is 3. The van der Waals surface area contributed by atoms with E-state index in [0.717, 1.165) is 25.5 Å². The van der Waals surface area contributed by atoms with Gasteiger partial charge < -0.3 is 10.2 Å². The van der Waals surface area contributed by atoms with Gasteiger partial charge in [-0.25, -0.2) is 9.97 Å². The van der Waals surface area contributed by atoms with Gasteiger partial charge in [0.15, 0.2) is 0 Å². The molecule has 1 amide bonds. The second-order valence-corrected chi connectivity index (χ2v) is 6.25. The summed E-state index contributed by atoms with van der Waals surface area (Å²) in [5.74, 6) is -0.210. The molecule has 1 aromatic rings. The maximum atomic E-state index is 12.7. The highest BCUT2D eigenvalue weighted by Gasteiger charge is 2.33. The standard InChI is InChI=1S/C16H23F3N4O/c1-11-9-13(16(17,18)19)22-14(21-11)10-20-15(24)7-6-12-5-3-4-8-23(12)2/h9,12H,3-8,10H2,1-2H3,(H,20,24). The minimum atomic E-state index is -4.52. The van der Waals surface area contributed by atoms with Crippen molar-refractivity contribution in [3.05, 3.63) is 23.3 Å². The fraction of sp³-hybridized carbons (Fsp3) is 0.688. The molecule has 1 aliphatic rings. The number of piperidine rings is 1. The van der Waals surface area contributed by atoms with E-state index in [-0.39, 0.29) is 24.0 Å². The van der Waals surface area contributed by atoms with Crippen LogP contribution in [0.15, 0.2) is 6.07 Å². The predicted molar refractivity (Wildman–Crippen MR) is 83.1 cm³/mol. The minimum Gasteiger partial charge on any atom is -0.349 e. The van der Waals surface area contributed by atoms with Gasteiger partial charge in [-0.05, 0) is 45.8 Å². The van der Waals surface area contributed by atoms with Gasteiger partial charge in [0.1, 0.15) is 11.5 Å². The van der Waals surface area contributed by atoms with E-state index in [9.17, 15) is 18.0 Å². The van der Waals surface area contributed by atoms with Crippen LogP contribution in [0.4, 0.5) is 13.2 Å². The molecule has 0 saturated carbocycles. The monoisotopic (exact) mass is 344 g/mol. The van der Waals surface area contributed by atoms with Crippen molar-refractivity contribution in [3.63, 3.8) is 0 Å². The van der Waals surface area contributed by atoms with Crippen LogP contribution in [-0.2, 0) is 17.5 Å². The van der Waals surface area contributed by atoms with Crippen LogP contribution in [0.3, 0.4) is 0 Å². The van der Waals surface area contributed by atoms with E-state index in [1.165, 1.54) is 19.8 Å². The van der Waals surface area contributed by atoms with Gasteiger partial charge in [-0.2, -0.15) is 13.2 Å². The smallest absolute Gasteiger partial charge is 0.349 e. The van der Waals surface area contributed by atoms with E-state index in [4.69, 9.17) is 0 Å². The molecule has 24 heavy (non-hydrogen) atoms. The van der Waals surface area contributed by atoms with Crippen molar-refractivity contribution in [1.82, 2.24) is 20.2 Å². The molecule has 0 aromatic carbocycles. The molecule has 0 radical (unpaired) electrons. The van der Waals surface area contributed by atoms with Crippen molar-refractivity contribution in [2.24, 2.45) is 0 Å². The van der Waals surface area contributed by atoms with E-state index < -0.39 is 11.9 Å². The number of amides is 1. The van der Waals surface area contributed by atoms with Gasteiger partial charge in [0, 0.05) is 18.2 Å². The summed E-state index contributed by atoms with van der Waals surface area (Å²) in [6, 6.07) is 1.29. The van der Waals surface area contributed by atoms with E-state index in [1.807, 2.05) is 0 Å². The van der Waals surface area contributed by atoms with E-state index in [1.54, 1.807) is 0 Å². The lowest BCUT2D eigenvalue weighted by atomic mass is 9.98. The largest absolute Gasteiger partial charge is 0.433 e. The molecule has 2 rings (SSSR count). The third-order valence-electron chi connectivity index (χ3n) is 4.26. The van der Waals surface area contributed by atoms with Gasteiger partial charge in [0.25, 0.3) is 0 Å². The van der Waals surface area contributed by atoms with Crippen molar-refractivity contribution in [2.75, 3.05) is 13.6 Å². The Morgan fingerprint density at radius 2 is 2.12 bits per heavy atom. The van der Waals surface area contributed by atoms with Crippen molar-refractivity contribution < 1.29 is 18.0 Å². The van der Waals surface area contributed by atoms with Gasteiger partial charge in [-0.15, -0.1) is 0 Å². The Morgan fingerprint density at radius 3 is 2.79 bits per heavy atom. The molecule has 8 heteroatoms. The summed E-state index contributed by atoms with van der Waals surface area (Å²) >= 11 is 0. The van der Waals surface area contributed by atoms with Crippen LogP contribution < -0.4 is 5.32 Å². The van der Waals surface area contributed by atoms with Crippen LogP contribution in [0.5, 0.6) is 0 Å². The zero-order valence-corrected chi connectivity index (χ0v) is 14.0. The first kappa shape index (κ1) is 18.6. The number of nitrogens with one attached hydrogen (secondary N) is 1.